The van der Waals surface area contributed by atoms with Gasteiger partial charge in [-0.2, -0.15) is 0 Å². The molecule has 2 nitrogen and oxygen atoms in total. The summed E-state index contributed by atoms with van der Waals surface area (Å²) in [4.78, 5) is 0. The molecule has 148 valence electrons. The third-order valence-corrected chi connectivity index (χ3v) is 11.2. The molecular weight excluding hydrogens is 363 g/mol. The summed E-state index contributed by atoms with van der Waals surface area (Å²) in [7, 11) is -1.47. The van der Waals surface area contributed by atoms with Crippen LogP contribution in [0.1, 0.15) is 44.6 Å². The van der Waals surface area contributed by atoms with Crippen LogP contribution in [0.15, 0.2) is 48.5 Å². The first-order valence-electron chi connectivity index (χ1n) is 10.9. The monoisotopic (exact) mass is 395 g/mol. The number of aryl methyl sites for hydroxylation is 1. The van der Waals surface area contributed by atoms with Crippen molar-refractivity contribution in [2.45, 2.75) is 46.0 Å². The van der Waals surface area contributed by atoms with Crippen LogP contribution in [-0.2, 0) is 4.52 Å². The number of benzene rings is 2. The van der Waals surface area contributed by atoms with E-state index in [1.807, 2.05) is 12.1 Å². The summed E-state index contributed by atoms with van der Waals surface area (Å²) in [5, 5.41) is 1.40. The summed E-state index contributed by atoms with van der Waals surface area (Å²) in [6.07, 6.45) is 9.54. The molecule has 0 aromatic heterocycles. The Bertz CT molecular complexity index is 837. The molecule has 2 aromatic carbocycles. The first-order chi connectivity index (χ1) is 13.6. The van der Waals surface area contributed by atoms with Crippen LogP contribution in [0.25, 0.3) is 0 Å². The van der Waals surface area contributed by atoms with Gasteiger partial charge in [-0.25, -0.2) is 4.52 Å². The Morgan fingerprint density at radius 2 is 1.79 bits per heavy atom. The Kier molecular flexibility index (Phi) is 4.76. The standard InChI is InChI=1S/C25H32O2P/c1-19-5-3-6-22(15-19)27-23-7-4-8-24(17-23)28-13-11-25(12-14-28,18-26-28)10-9-21-16-20(21)2/h3-8,15,17,20-21H,9-14,16,18H2,1-2H3/q+1/t20?,21-,25?,28?/m1/s1. The molecule has 2 aromatic rings. The molecule has 0 amide bonds. The molecule has 3 aliphatic heterocycles. The van der Waals surface area contributed by atoms with Crippen LogP contribution in [0, 0.1) is 24.2 Å². The fourth-order valence-electron chi connectivity index (χ4n) is 5.17. The summed E-state index contributed by atoms with van der Waals surface area (Å²) in [5.74, 6) is 3.83. The highest BCUT2D eigenvalue weighted by atomic mass is 31.2. The van der Waals surface area contributed by atoms with Gasteiger partial charge in [-0.15, -0.1) is 0 Å². The van der Waals surface area contributed by atoms with Gasteiger partial charge in [0.1, 0.15) is 16.8 Å². The Balaban J connectivity index is 1.28. The van der Waals surface area contributed by atoms with Gasteiger partial charge in [0, 0.05) is 11.5 Å². The van der Waals surface area contributed by atoms with Crippen LogP contribution < -0.4 is 10.0 Å². The molecule has 3 heteroatoms. The highest BCUT2D eigenvalue weighted by molar-refractivity contribution is 7.78. The number of hydrogen-bond acceptors (Lipinski definition) is 2. The van der Waals surface area contributed by atoms with E-state index in [1.54, 1.807) is 0 Å². The van der Waals surface area contributed by atoms with Crippen molar-refractivity contribution in [2.75, 3.05) is 18.9 Å². The topological polar surface area (TPSA) is 18.5 Å². The lowest BCUT2D eigenvalue weighted by molar-refractivity contribution is 0.0877. The minimum absolute atomic E-state index is 0.486. The molecular formula is C25H32O2P+. The van der Waals surface area contributed by atoms with Gasteiger partial charge in [0.15, 0.2) is 7.49 Å². The number of hydrogen-bond donors (Lipinski definition) is 0. The molecule has 0 spiro atoms. The molecule has 0 N–H and O–H groups in total. The van der Waals surface area contributed by atoms with Gasteiger partial charge in [0.2, 0.25) is 0 Å². The summed E-state index contributed by atoms with van der Waals surface area (Å²) >= 11 is 0. The molecule has 3 saturated heterocycles. The fourth-order valence-corrected chi connectivity index (χ4v) is 9.23. The third-order valence-electron chi connectivity index (χ3n) is 7.46. The Morgan fingerprint density at radius 1 is 1.07 bits per heavy atom. The smallest absolute Gasteiger partial charge is 0.178 e. The first kappa shape index (κ1) is 18.6. The van der Waals surface area contributed by atoms with E-state index in [0.29, 0.717) is 5.41 Å². The fraction of sp³-hybridized carbons (Fsp3) is 0.520. The molecule has 1 aliphatic carbocycles. The zero-order valence-electron chi connectivity index (χ0n) is 17.2. The second kappa shape index (κ2) is 7.15. The van der Waals surface area contributed by atoms with Crippen molar-refractivity contribution in [1.29, 1.82) is 0 Å². The van der Waals surface area contributed by atoms with Crippen LogP contribution >= 0.6 is 7.49 Å². The second-order valence-electron chi connectivity index (χ2n) is 9.54. The largest absolute Gasteiger partial charge is 0.457 e. The van der Waals surface area contributed by atoms with Crippen LogP contribution in [0.3, 0.4) is 0 Å². The zero-order chi connectivity index (χ0) is 19.2. The lowest BCUT2D eigenvalue weighted by atomic mass is 9.78. The normalized spacial score (nSPS) is 33.6. The van der Waals surface area contributed by atoms with Gasteiger partial charge in [0.05, 0.1) is 18.9 Å². The minimum Gasteiger partial charge on any atom is -0.457 e. The molecule has 4 fully saturated rings. The van der Waals surface area contributed by atoms with Crippen LogP contribution in [0.5, 0.6) is 11.5 Å². The van der Waals surface area contributed by atoms with Crippen molar-refractivity contribution >= 4 is 12.8 Å². The Labute approximate surface area is 170 Å². The van der Waals surface area contributed by atoms with E-state index in [2.05, 4.69) is 50.2 Å². The van der Waals surface area contributed by atoms with Crippen LogP contribution in [-0.4, -0.2) is 18.9 Å². The predicted molar refractivity (Wildman–Crippen MR) is 118 cm³/mol. The maximum absolute atomic E-state index is 6.71. The molecule has 1 saturated carbocycles. The summed E-state index contributed by atoms with van der Waals surface area (Å²) in [6.45, 7) is 5.50. The second-order valence-corrected chi connectivity index (χ2v) is 13.0. The number of rotatable bonds is 6. The highest BCUT2D eigenvalue weighted by Gasteiger charge is 2.57. The van der Waals surface area contributed by atoms with E-state index in [4.69, 9.17) is 9.26 Å². The lowest BCUT2D eigenvalue weighted by Crippen LogP contribution is -2.43. The Morgan fingerprint density at radius 3 is 2.43 bits per heavy atom. The van der Waals surface area contributed by atoms with Gasteiger partial charge in [-0.3, -0.25) is 0 Å². The van der Waals surface area contributed by atoms with E-state index in [0.717, 1.165) is 29.9 Å². The predicted octanol–water partition coefficient (Wildman–Crippen LogP) is 6.59. The SMILES string of the molecule is Cc1cccc(Oc2cccc([P+]34CCC(CC[C@@H]5CC5C)(CC3)CO4)c2)c1. The molecule has 28 heavy (non-hydrogen) atoms. The van der Waals surface area contributed by atoms with Crippen molar-refractivity contribution in [3.8, 4) is 11.5 Å². The molecule has 2 bridgehead atoms. The van der Waals surface area contributed by atoms with Gasteiger partial charge < -0.3 is 4.74 Å². The molecule has 2 atom stereocenters. The van der Waals surface area contributed by atoms with Gasteiger partial charge >= 0.3 is 0 Å². The maximum Gasteiger partial charge on any atom is 0.178 e. The minimum atomic E-state index is -1.47. The molecule has 4 aliphatic rings. The zero-order valence-corrected chi connectivity index (χ0v) is 18.1. The Hall–Kier alpha value is -1.37. The van der Waals surface area contributed by atoms with Gasteiger partial charge in [0.25, 0.3) is 0 Å². The summed E-state index contributed by atoms with van der Waals surface area (Å²) in [5.41, 5.74) is 1.71. The maximum atomic E-state index is 6.71. The molecule has 6 rings (SSSR count). The average molecular weight is 396 g/mol. The van der Waals surface area contributed by atoms with E-state index < -0.39 is 7.49 Å². The van der Waals surface area contributed by atoms with Crippen molar-refractivity contribution in [3.05, 3.63) is 54.1 Å². The first-order valence-corrected chi connectivity index (χ1v) is 13.0. The van der Waals surface area contributed by atoms with E-state index in [1.165, 1.54) is 55.3 Å². The molecule has 0 radical (unpaired) electrons. The van der Waals surface area contributed by atoms with E-state index in [9.17, 15) is 0 Å². The highest BCUT2D eigenvalue weighted by Crippen LogP contribution is 2.70. The molecule has 1 unspecified atom stereocenters. The van der Waals surface area contributed by atoms with Crippen molar-refractivity contribution in [2.24, 2.45) is 17.3 Å². The summed E-state index contributed by atoms with van der Waals surface area (Å²) in [6, 6.07) is 17.0. The van der Waals surface area contributed by atoms with Crippen molar-refractivity contribution in [1.82, 2.24) is 0 Å². The quantitative estimate of drug-likeness (QED) is 0.514. The van der Waals surface area contributed by atoms with Gasteiger partial charge in [-0.1, -0.05) is 25.1 Å². The number of fused-ring (bicyclic) bond motifs is 3. The van der Waals surface area contributed by atoms with Crippen LogP contribution in [0.2, 0.25) is 0 Å². The number of ether oxygens (including phenoxy) is 1. The summed E-state index contributed by atoms with van der Waals surface area (Å²) < 4.78 is 12.9. The average Bonchev–Trinajstić information content (AvgIpc) is 3.44. The lowest BCUT2D eigenvalue weighted by Gasteiger charge is -2.47. The molecule has 3 heterocycles. The van der Waals surface area contributed by atoms with Crippen LogP contribution in [0.4, 0.5) is 0 Å². The third kappa shape index (κ3) is 3.62. The van der Waals surface area contributed by atoms with E-state index >= 15 is 0 Å². The van der Waals surface area contributed by atoms with Crippen molar-refractivity contribution < 1.29 is 9.26 Å². The van der Waals surface area contributed by atoms with Gasteiger partial charge in [-0.05, 0) is 80.7 Å². The van der Waals surface area contributed by atoms with Crippen molar-refractivity contribution in [3.63, 3.8) is 0 Å². The van der Waals surface area contributed by atoms with E-state index in [-0.39, 0.29) is 0 Å².